The predicted molar refractivity (Wildman–Crippen MR) is 146 cm³/mol. The van der Waals surface area contributed by atoms with E-state index in [0.29, 0.717) is 0 Å². The number of aryl methyl sites for hydroxylation is 2. The number of fused-ring (bicyclic) bond motifs is 1. The Morgan fingerprint density at radius 1 is 1.06 bits per heavy atom. The first-order chi connectivity index (χ1) is 16.5. The third-order valence-electron chi connectivity index (χ3n) is 6.02. The molecule has 182 valence electrons. The Hall–Kier alpha value is -2.92. The number of nitrogens with one attached hydrogen (secondary N) is 3. The Morgan fingerprint density at radius 2 is 1.85 bits per heavy atom. The normalized spacial score (nSPS) is 12.7. The van der Waals surface area contributed by atoms with Gasteiger partial charge in [0.1, 0.15) is 0 Å². The number of nitrogens with zero attached hydrogens (tertiary/aromatic N) is 2. The minimum atomic E-state index is 0.830. The lowest BCUT2D eigenvalue weighted by Crippen LogP contribution is -2.08. The lowest BCUT2D eigenvalue weighted by molar-refractivity contribution is 0.723. The molecule has 0 amide bonds. The van der Waals surface area contributed by atoms with Crippen molar-refractivity contribution in [1.29, 1.82) is 0 Å². The molecule has 1 fully saturated rings. The van der Waals surface area contributed by atoms with Gasteiger partial charge in [-0.15, -0.1) is 0 Å². The van der Waals surface area contributed by atoms with Crippen molar-refractivity contribution < 1.29 is 0 Å². The van der Waals surface area contributed by atoms with Crippen LogP contribution in [0.15, 0.2) is 54.9 Å². The van der Waals surface area contributed by atoms with Crippen LogP contribution in [0, 0.1) is 5.92 Å². The molecule has 2 aromatic heterocycles. The van der Waals surface area contributed by atoms with Gasteiger partial charge in [-0.1, -0.05) is 31.7 Å². The van der Waals surface area contributed by atoms with Gasteiger partial charge in [0.2, 0.25) is 0 Å². The average Bonchev–Trinajstić information content (AvgIpc) is 3.67. The summed E-state index contributed by atoms with van der Waals surface area (Å²) in [5.74, 6) is 0.830. The molecule has 2 heterocycles. The van der Waals surface area contributed by atoms with E-state index in [1.807, 2.05) is 20.2 Å². The SMILES string of the molecule is C=C(C)NCC.CCc1ccc2c(NCC3CC3)cc(-c3ccc(CCCNC)cn3)nc2c1. The summed E-state index contributed by atoms with van der Waals surface area (Å²) in [6.07, 6.45) is 7.88. The molecule has 0 spiro atoms. The van der Waals surface area contributed by atoms with Gasteiger partial charge in [-0.05, 0) is 94.8 Å². The fourth-order valence-corrected chi connectivity index (χ4v) is 3.84. The number of hydrogen-bond acceptors (Lipinski definition) is 5. The Morgan fingerprint density at radius 3 is 2.44 bits per heavy atom. The van der Waals surface area contributed by atoms with Crippen LogP contribution in [0.25, 0.3) is 22.3 Å². The molecule has 5 heteroatoms. The van der Waals surface area contributed by atoms with E-state index in [2.05, 4.69) is 72.8 Å². The quantitative estimate of drug-likeness (QED) is 0.309. The molecule has 1 aromatic carbocycles. The summed E-state index contributed by atoms with van der Waals surface area (Å²) in [4.78, 5) is 9.67. The monoisotopic (exact) mass is 459 g/mol. The van der Waals surface area contributed by atoms with Gasteiger partial charge in [0.05, 0.1) is 16.9 Å². The number of allylic oxidation sites excluding steroid dienone is 1. The number of benzene rings is 1. The van der Waals surface area contributed by atoms with Crippen LogP contribution < -0.4 is 16.0 Å². The van der Waals surface area contributed by atoms with E-state index in [1.54, 1.807) is 0 Å². The highest BCUT2D eigenvalue weighted by atomic mass is 14.9. The smallest absolute Gasteiger partial charge is 0.0914 e. The van der Waals surface area contributed by atoms with Crippen molar-refractivity contribution in [3.8, 4) is 11.4 Å². The Kier molecular flexibility index (Phi) is 9.89. The molecule has 1 saturated carbocycles. The van der Waals surface area contributed by atoms with Gasteiger partial charge in [-0.2, -0.15) is 0 Å². The molecule has 34 heavy (non-hydrogen) atoms. The molecule has 3 aromatic rings. The van der Waals surface area contributed by atoms with Gasteiger partial charge in [-0.25, -0.2) is 4.98 Å². The zero-order valence-corrected chi connectivity index (χ0v) is 21.4. The van der Waals surface area contributed by atoms with Crippen molar-refractivity contribution in [2.75, 3.05) is 32.0 Å². The maximum absolute atomic E-state index is 4.95. The third kappa shape index (κ3) is 7.84. The topological polar surface area (TPSA) is 61.9 Å². The van der Waals surface area contributed by atoms with E-state index in [0.717, 1.165) is 67.4 Å². The van der Waals surface area contributed by atoms with Crippen molar-refractivity contribution in [3.63, 3.8) is 0 Å². The van der Waals surface area contributed by atoms with Gasteiger partial charge in [0, 0.05) is 36.1 Å². The molecule has 1 aliphatic carbocycles. The van der Waals surface area contributed by atoms with Crippen LogP contribution in [0.3, 0.4) is 0 Å². The molecule has 0 aliphatic heterocycles. The van der Waals surface area contributed by atoms with Gasteiger partial charge >= 0.3 is 0 Å². The van der Waals surface area contributed by atoms with E-state index in [1.165, 1.54) is 35.0 Å². The summed E-state index contributed by atoms with van der Waals surface area (Å²) >= 11 is 0. The number of pyridine rings is 2. The zero-order valence-electron chi connectivity index (χ0n) is 21.4. The second-order valence-corrected chi connectivity index (χ2v) is 9.15. The van der Waals surface area contributed by atoms with Crippen LogP contribution in [0.4, 0.5) is 5.69 Å². The van der Waals surface area contributed by atoms with Crippen molar-refractivity contribution in [1.82, 2.24) is 20.6 Å². The van der Waals surface area contributed by atoms with Gasteiger partial charge in [-0.3, -0.25) is 4.98 Å². The first-order valence-electron chi connectivity index (χ1n) is 12.7. The van der Waals surface area contributed by atoms with Gasteiger partial charge < -0.3 is 16.0 Å². The molecule has 3 N–H and O–H groups in total. The number of rotatable bonds is 11. The molecule has 0 saturated heterocycles. The van der Waals surface area contributed by atoms with E-state index in [9.17, 15) is 0 Å². The molecule has 0 radical (unpaired) electrons. The lowest BCUT2D eigenvalue weighted by atomic mass is 10.1. The molecule has 1 aliphatic rings. The van der Waals surface area contributed by atoms with E-state index in [-0.39, 0.29) is 0 Å². The highest BCUT2D eigenvalue weighted by molar-refractivity contribution is 5.94. The number of aromatic nitrogens is 2. The molecule has 0 atom stereocenters. The second kappa shape index (κ2) is 13.1. The number of hydrogen-bond donors (Lipinski definition) is 3. The lowest BCUT2D eigenvalue weighted by Gasteiger charge is -2.13. The Labute approximate surface area is 205 Å². The molecular weight excluding hydrogens is 418 g/mol. The molecular formula is C29H41N5. The summed E-state index contributed by atoms with van der Waals surface area (Å²) in [5.41, 5.74) is 7.75. The van der Waals surface area contributed by atoms with Gasteiger partial charge in [0.15, 0.2) is 0 Å². The van der Waals surface area contributed by atoms with Crippen LogP contribution in [0.5, 0.6) is 0 Å². The van der Waals surface area contributed by atoms with Crippen LogP contribution >= 0.6 is 0 Å². The minimum Gasteiger partial charge on any atom is -0.389 e. The standard InChI is InChI=1S/C24H30N4.C5H11N/c1-3-17-8-10-20-22(27-16-19-6-7-19)14-24(28-23(20)13-17)21-11-9-18(15-26-21)5-4-12-25-2;1-4-6-5(2)3/h8-11,13-15,19,25H,3-7,12,16H2,1-2H3,(H,27,28);6H,2,4H2,1,3H3. The van der Waals surface area contributed by atoms with E-state index in [4.69, 9.17) is 9.97 Å². The number of anilines is 1. The van der Waals surface area contributed by atoms with Crippen molar-refractivity contribution in [2.24, 2.45) is 5.92 Å². The summed E-state index contributed by atoms with van der Waals surface area (Å²) in [6, 6.07) is 13.1. The van der Waals surface area contributed by atoms with E-state index >= 15 is 0 Å². The Bertz CT molecular complexity index is 1050. The minimum absolute atomic E-state index is 0.830. The summed E-state index contributed by atoms with van der Waals surface area (Å²) < 4.78 is 0. The summed E-state index contributed by atoms with van der Waals surface area (Å²) in [5, 5.41) is 11.1. The van der Waals surface area contributed by atoms with Crippen LogP contribution in [0.2, 0.25) is 0 Å². The predicted octanol–water partition coefficient (Wildman–Crippen LogP) is 5.96. The van der Waals surface area contributed by atoms with Crippen molar-refractivity contribution in [2.45, 2.75) is 52.9 Å². The first-order valence-corrected chi connectivity index (χ1v) is 12.7. The highest BCUT2D eigenvalue weighted by Gasteiger charge is 2.21. The zero-order chi connectivity index (χ0) is 24.3. The van der Waals surface area contributed by atoms with E-state index < -0.39 is 0 Å². The summed E-state index contributed by atoms with van der Waals surface area (Å²) in [6.45, 7) is 12.9. The Balaban J connectivity index is 0.000000481. The fraction of sp³-hybridized carbons (Fsp3) is 0.448. The maximum Gasteiger partial charge on any atom is 0.0914 e. The largest absolute Gasteiger partial charge is 0.389 e. The third-order valence-corrected chi connectivity index (χ3v) is 6.02. The molecule has 0 bridgehead atoms. The second-order valence-electron chi connectivity index (χ2n) is 9.15. The van der Waals surface area contributed by atoms with Crippen molar-refractivity contribution in [3.05, 3.63) is 66.0 Å². The molecule has 0 unspecified atom stereocenters. The maximum atomic E-state index is 4.95. The van der Waals surface area contributed by atoms with Gasteiger partial charge in [0.25, 0.3) is 0 Å². The van der Waals surface area contributed by atoms with Crippen LogP contribution in [-0.4, -0.2) is 36.6 Å². The average molecular weight is 460 g/mol. The van der Waals surface area contributed by atoms with Crippen LogP contribution in [-0.2, 0) is 12.8 Å². The molecule has 5 nitrogen and oxygen atoms in total. The summed E-state index contributed by atoms with van der Waals surface area (Å²) in [7, 11) is 1.99. The molecule has 4 rings (SSSR count). The highest BCUT2D eigenvalue weighted by Crippen LogP contribution is 2.32. The fourth-order valence-electron chi connectivity index (χ4n) is 3.84. The van der Waals surface area contributed by atoms with Crippen LogP contribution in [0.1, 0.15) is 51.2 Å². The first kappa shape index (κ1) is 25.7. The van der Waals surface area contributed by atoms with Crippen molar-refractivity contribution >= 4 is 16.6 Å².